The predicted molar refractivity (Wildman–Crippen MR) is 64.0 cm³/mol. The Labute approximate surface area is 93.4 Å². The summed E-state index contributed by atoms with van der Waals surface area (Å²) in [6.07, 6.45) is 10.4. The normalized spacial score (nSPS) is 10.0. The summed E-state index contributed by atoms with van der Waals surface area (Å²) in [4.78, 5) is 10.6. The Morgan fingerprint density at radius 3 is 1.80 bits per heavy atom. The number of carbonyl (C=O) groups is 1. The SMILES string of the molecule is CCCCCC(=CC(=O)O)CCCCC. The summed E-state index contributed by atoms with van der Waals surface area (Å²) < 4.78 is 0. The second-order valence-electron chi connectivity index (χ2n) is 4.06. The van der Waals surface area contributed by atoms with Crippen molar-refractivity contribution in [3.63, 3.8) is 0 Å². The molecule has 88 valence electrons. The molecule has 0 amide bonds. The molecule has 1 N–H and O–H groups in total. The molecule has 0 aliphatic rings. The van der Waals surface area contributed by atoms with Gasteiger partial charge in [0.25, 0.3) is 0 Å². The van der Waals surface area contributed by atoms with Gasteiger partial charge in [0, 0.05) is 6.08 Å². The van der Waals surface area contributed by atoms with Crippen LogP contribution in [0.15, 0.2) is 11.6 Å². The highest BCUT2D eigenvalue weighted by atomic mass is 16.4. The fraction of sp³-hybridized carbons (Fsp3) is 0.769. The Kier molecular flexibility index (Phi) is 9.24. The summed E-state index contributed by atoms with van der Waals surface area (Å²) in [7, 11) is 0. The summed E-state index contributed by atoms with van der Waals surface area (Å²) >= 11 is 0. The molecule has 0 rings (SSSR count). The monoisotopic (exact) mass is 212 g/mol. The molecule has 0 bridgehead atoms. The summed E-state index contributed by atoms with van der Waals surface area (Å²) in [5, 5.41) is 8.72. The number of rotatable bonds is 9. The molecule has 0 aromatic rings. The number of aliphatic carboxylic acids is 1. The van der Waals surface area contributed by atoms with Gasteiger partial charge >= 0.3 is 5.97 Å². The zero-order valence-corrected chi connectivity index (χ0v) is 10.1. The lowest BCUT2D eigenvalue weighted by atomic mass is 10.0. The molecular formula is C13H24O2. The lowest BCUT2D eigenvalue weighted by Crippen LogP contribution is -1.94. The quantitative estimate of drug-likeness (QED) is 0.460. The van der Waals surface area contributed by atoms with E-state index in [0.717, 1.165) is 31.3 Å². The lowest BCUT2D eigenvalue weighted by molar-refractivity contribution is -0.131. The van der Waals surface area contributed by atoms with Crippen LogP contribution in [0, 0.1) is 0 Å². The molecule has 0 fully saturated rings. The molecule has 0 unspecified atom stereocenters. The fourth-order valence-corrected chi connectivity index (χ4v) is 1.65. The van der Waals surface area contributed by atoms with Crippen molar-refractivity contribution in [2.24, 2.45) is 0 Å². The van der Waals surface area contributed by atoms with Crippen LogP contribution < -0.4 is 0 Å². The maximum absolute atomic E-state index is 10.6. The molecule has 0 heterocycles. The molecule has 0 radical (unpaired) electrons. The summed E-state index contributed by atoms with van der Waals surface area (Å²) in [6.45, 7) is 4.33. The first kappa shape index (κ1) is 14.2. The van der Waals surface area contributed by atoms with E-state index >= 15 is 0 Å². The van der Waals surface area contributed by atoms with E-state index in [9.17, 15) is 4.79 Å². The van der Waals surface area contributed by atoms with Crippen molar-refractivity contribution in [2.45, 2.75) is 65.2 Å². The van der Waals surface area contributed by atoms with E-state index in [2.05, 4.69) is 13.8 Å². The molecule has 0 saturated heterocycles. The van der Waals surface area contributed by atoms with Crippen molar-refractivity contribution < 1.29 is 9.90 Å². The third-order valence-corrected chi connectivity index (χ3v) is 2.53. The topological polar surface area (TPSA) is 37.3 Å². The van der Waals surface area contributed by atoms with Gasteiger partial charge in [-0.1, -0.05) is 45.1 Å². The Balaban J connectivity index is 3.90. The first-order valence-corrected chi connectivity index (χ1v) is 6.13. The number of hydrogen-bond acceptors (Lipinski definition) is 1. The third-order valence-electron chi connectivity index (χ3n) is 2.53. The number of unbranched alkanes of at least 4 members (excludes halogenated alkanes) is 4. The largest absolute Gasteiger partial charge is 0.478 e. The van der Waals surface area contributed by atoms with E-state index in [-0.39, 0.29) is 0 Å². The van der Waals surface area contributed by atoms with Crippen molar-refractivity contribution in [2.75, 3.05) is 0 Å². The molecule has 2 nitrogen and oxygen atoms in total. The molecule has 0 aromatic heterocycles. The first-order chi connectivity index (χ1) is 7.20. The first-order valence-electron chi connectivity index (χ1n) is 6.13. The van der Waals surface area contributed by atoms with Crippen molar-refractivity contribution in [1.82, 2.24) is 0 Å². The summed E-state index contributed by atoms with van der Waals surface area (Å²) in [5.41, 5.74) is 1.12. The minimum Gasteiger partial charge on any atom is -0.478 e. The highest BCUT2D eigenvalue weighted by molar-refractivity contribution is 5.80. The average molecular weight is 212 g/mol. The second kappa shape index (κ2) is 9.75. The van der Waals surface area contributed by atoms with Crippen LogP contribution in [0.25, 0.3) is 0 Å². The molecule has 2 heteroatoms. The van der Waals surface area contributed by atoms with Crippen molar-refractivity contribution in [1.29, 1.82) is 0 Å². The summed E-state index contributed by atoms with van der Waals surface area (Å²) in [6, 6.07) is 0. The summed E-state index contributed by atoms with van der Waals surface area (Å²) in [5.74, 6) is -0.794. The zero-order chi connectivity index (χ0) is 11.5. The van der Waals surface area contributed by atoms with Crippen molar-refractivity contribution >= 4 is 5.97 Å². The highest BCUT2D eigenvalue weighted by Crippen LogP contribution is 2.16. The van der Waals surface area contributed by atoms with Crippen LogP contribution in [-0.2, 0) is 4.79 Å². The van der Waals surface area contributed by atoms with Crippen LogP contribution in [-0.4, -0.2) is 11.1 Å². The van der Waals surface area contributed by atoms with Crippen LogP contribution in [0.1, 0.15) is 65.2 Å². The molecule has 0 aliphatic heterocycles. The van der Waals surface area contributed by atoms with Crippen molar-refractivity contribution in [3.05, 3.63) is 11.6 Å². The molecule has 0 atom stereocenters. The van der Waals surface area contributed by atoms with E-state index < -0.39 is 5.97 Å². The van der Waals surface area contributed by atoms with Gasteiger partial charge in [0.15, 0.2) is 0 Å². The van der Waals surface area contributed by atoms with Crippen LogP contribution in [0.3, 0.4) is 0 Å². The van der Waals surface area contributed by atoms with Gasteiger partial charge in [-0.25, -0.2) is 4.79 Å². The second-order valence-corrected chi connectivity index (χ2v) is 4.06. The van der Waals surface area contributed by atoms with Gasteiger partial charge in [0.2, 0.25) is 0 Å². The number of carboxylic acids is 1. The molecule has 0 spiro atoms. The van der Waals surface area contributed by atoms with Gasteiger partial charge in [-0.15, -0.1) is 0 Å². The average Bonchev–Trinajstić information content (AvgIpc) is 2.17. The third kappa shape index (κ3) is 9.51. The minimum atomic E-state index is -0.794. The Bertz CT molecular complexity index is 183. The smallest absolute Gasteiger partial charge is 0.328 e. The van der Waals surface area contributed by atoms with Gasteiger partial charge in [0.05, 0.1) is 0 Å². The number of carboxylic acid groups (broad SMARTS) is 1. The Morgan fingerprint density at radius 2 is 1.47 bits per heavy atom. The van der Waals surface area contributed by atoms with Gasteiger partial charge < -0.3 is 5.11 Å². The minimum absolute atomic E-state index is 0.794. The van der Waals surface area contributed by atoms with Crippen LogP contribution in [0.4, 0.5) is 0 Å². The van der Waals surface area contributed by atoms with E-state index in [1.807, 2.05) is 0 Å². The molecule has 0 aliphatic carbocycles. The number of allylic oxidation sites excluding steroid dienone is 1. The maximum Gasteiger partial charge on any atom is 0.328 e. The molecular weight excluding hydrogens is 188 g/mol. The van der Waals surface area contributed by atoms with Gasteiger partial charge in [-0.3, -0.25) is 0 Å². The van der Waals surface area contributed by atoms with Crippen LogP contribution in [0.2, 0.25) is 0 Å². The van der Waals surface area contributed by atoms with E-state index in [1.54, 1.807) is 0 Å². The van der Waals surface area contributed by atoms with Crippen molar-refractivity contribution in [3.8, 4) is 0 Å². The van der Waals surface area contributed by atoms with E-state index in [0.29, 0.717) is 0 Å². The van der Waals surface area contributed by atoms with E-state index in [1.165, 1.54) is 31.8 Å². The predicted octanol–water partition coefficient (Wildman–Crippen LogP) is 4.16. The standard InChI is InChI=1S/C13H24O2/c1-3-5-7-9-12(11-13(14)15)10-8-6-4-2/h11H,3-10H2,1-2H3,(H,14,15). The van der Waals surface area contributed by atoms with Gasteiger partial charge in [0.1, 0.15) is 0 Å². The lowest BCUT2D eigenvalue weighted by Gasteiger charge is -2.05. The van der Waals surface area contributed by atoms with Crippen LogP contribution in [0.5, 0.6) is 0 Å². The molecule has 0 aromatic carbocycles. The zero-order valence-electron chi connectivity index (χ0n) is 10.1. The Morgan fingerprint density at radius 1 is 1.00 bits per heavy atom. The van der Waals surface area contributed by atoms with E-state index in [4.69, 9.17) is 5.11 Å². The van der Waals surface area contributed by atoms with Crippen LogP contribution >= 0.6 is 0 Å². The van der Waals surface area contributed by atoms with Gasteiger partial charge in [-0.05, 0) is 25.7 Å². The maximum atomic E-state index is 10.6. The molecule has 0 saturated carbocycles. The Hall–Kier alpha value is -0.790. The fourth-order valence-electron chi connectivity index (χ4n) is 1.65. The highest BCUT2D eigenvalue weighted by Gasteiger charge is 2.00. The van der Waals surface area contributed by atoms with Gasteiger partial charge in [-0.2, -0.15) is 0 Å². The molecule has 15 heavy (non-hydrogen) atoms. The number of hydrogen-bond donors (Lipinski definition) is 1.